The van der Waals surface area contributed by atoms with Crippen molar-refractivity contribution in [1.82, 2.24) is 0 Å². The van der Waals surface area contributed by atoms with Gasteiger partial charge in [-0.1, -0.05) is 60.1 Å². The first-order valence-electron chi connectivity index (χ1n) is 16.0. The summed E-state index contributed by atoms with van der Waals surface area (Å²) in [6.07, 6.45) is 4.05. The first-order valence-corrected chi connectivity index (χ1v) is 16.0. The summed E-state index contributed by atoms with van der Waals surface area (Å²) in [5.41, 5.74) is 18.7. The molecule has 0 saturated heterocycles. The van der Waals surface area contributed by atoms with Crippen LogP contribution in [0.4, 0.5) is 22.7 Å². The Morgan fingerprint density at radius 3 is 1.43 bits per heavy atom. The molecule has 2 fully saturated rings. The lowest BCUT2D eigenvalue weighted by Gasteiger charge is -2.44. The number of aliphatic hydroxyl groups excluding tert-OH is 2. The fraction of sp³-hybridized carbons (Fsp3) is 0.333. The van der Waals surface area contributed by atoms with Crippen molar-refractivity contribution >= 4 is 22.7 Å². The average Bonchev–Trinajstić information content (AvgIpc) is 3.09. The number of fused-ring (bicyclic) bond motifs is 4. The minimum absolute atomic E-state index is 0.0186. The van der Waals surface area contributed by atoms with E-state index in [1.165, 1.54) is 0 Å². The number of hydrogen-bond donors (Lipinski definition) is 3. The van der Waals surface area contributed by atoms with Crippen molar-refractivity contribution in [2.45, 2.75) is 74.9 Å². The van der Waals surface area contributed by atoms with E-state index < -0.39 is 18.2 Å². The second kappa shape index (κ2) is 12.9. The van der Waals surface area contributed by atoms with Crippen LogP contribution in [0.3, 0.4) is 0 Å². The molecule has 4 N–H and O–H groups in total. The Hall–Kier alpha value is -4.73. The lowest BCUT2D eigenvalue weighted by Crippen LogP contribution is -2.53. The Morgan fingerprint density at radius 1 is 0.609 bits per heavy atom. The van der Waals surface area contributed by atoms with Gasteiger partial charge >= 0.3 is 0 Å². The first-order chi connectivity index (χ1) is 22.5. The fourth-order valence-electron chi connectivity index (χ4n) is 7.26. The molecular weight excluding hydrogens is 580 g/mol. The summed E-state index contributed by atoms with van der Waals surface area (Å²) in [5.74, 6) is 3.20. The van der Waals surface area contributed by atoms with Gasteiger partial charge in [0, 0.05) is 11.0 Å². The van der Waals surface area contributed by atoms with Gasteiger partial charge in [0.2, 0.25) is 0 Å². The van der Waals surface area contributed by atoms with Gasteiger partial charge in [-0.25, -0.2) is 0 Å². The third-order valence-corrected chi connectivity index (χ3v) is 9.46. The smallest absolute Gasteiger partial charge is 0.151 e. The van der Waals surface area contributed by atoms with Crippen LogP contribution in [0.25, 0.3) is 10.4 Å². The van der Waals surface area contributed by atoms with Crippen LogP contribution in [0, 0.1) is 0 Å². The van der Waals surface area contributed by atoms with Crippen molar-refractivity contribution in [2.75, 3.05) is 9.80 Å². The van der Waals surface area contributed by atoms with Crippen LogP contribution in [-0.2, 0) is 0 Å². The first kappa shape index (κ1) is 30.0. The lowest BCUT2D eigenvalue weighted by molar-refractivity contribution is 0.0872. The van der Waals surface area contributed by atoms with Crippen LogP contribution in [0.5, 0.6) is 23.0 Å². The van der Waals surface area contributed by atoms with E-state index >= 15 is 0 Å². The molecule has 10 nitrogen and oxygen atoms in total. The van der Waals surface area contributed by atoms with Crippen molar-refractivity contribution < 1.29 is 19.7 Å². The van der Waals surface area contributed by atoms with E-state index in [0.717, 1.165) is 84.3 Å². The Morgan fingerprint density at radius 2 is 1.00 bits per heavy atom. The number of rotatable bonds is 3. The molecule has 4 aromatic rings. The van der Waals surface area contributed by atoms with E-state index in [9.17, 15) is 10.2 Å². The predicted molar refractivity (Wildman–Crippen MR) is 178 cm³/mol. The van der Waals surface area contributed by atoms with Crippen LogP contribution in [-0.4, -0.2) is 46.6 Å². The number of aliphatic hydroxyl groups is 2. The van der Waals surface area contributed by atoms with Crippen LogP contribution in [0.2, 0.25) is 0 Å². The molecule has 6 atom stereocenters. The highest BCUT2D eigenvalue weighted by atomic mass is 16.5. The summed E-state index contributed by atoms with van der Waals surface area (Å²) in [4.78, 5) is 7.24. The van der Waals surface area contributed by atoms with Crippen molar-refractivity contribution in [3.05, 3.63) is 108 Å². The second-order valence-corrected chi connectivity index (χ2v) is 12.2. The Labute approximate surface area is 268 Å². The van der Waals surface area contributed by atoms with E-state index in [1.54, 1.807) is 0 Å². The molecule has 10 heteroatoms. The summed E-state index contributed by atoms with van der Waals surface area (Å²) < 4.78 is 12.0. The maximum Gasteiger partial charge on any atom is 0.151 e. The van der Waals surface area contributed by atoms with Crippen molar-refractivity contribution in [1.29, 1.82) is 0 Å². The zero-order valence-electron chi connectivity index (χ0n) is 25.5. The minimum Gasteiger partial charge on any atom is -0.453 e. The van der Waals surface area contributed by atoms with Gasteiger partial charge in [0.1, 0.15) is 0 Å². The maximum absolute atomic E-state index is 10.8. The molecule has 6 unspecified atom stereocenters. The molecule has 0 amide bonds. The second-order valence-electron chi connectivity index (χ2n) is 12.2. The standard InChI is InChI=1S/C18H18N4O2.C18H20N2O2/c19-21-20-12-6-5-9-15(18(12)23)22-13-7-1-3-10-16(13)24-17-11-4-2-8-14(17)22;19-12-6-5-9-15(18(12)21)20-13-7-1-3-10-16(13)22-17-11-4-2-8-14(17)20/h1-4,7-8,10-12,15,18,23H,5-6,9H2;1-4,7-8,10-12,15,18,21H,5-6,9,19H2. The molecule has 4 aliphatic rings. The lowest BCUT2D eigenvalue weighted by atomic mass is 9.86. The van der Waals surface area contributed by atoms with Gasteiger partial charge in [-0.3, -0.25) is 0 Å². The van der Waals surface area contributed by atoms with Crippen molar-refractivity contribution in [2.24, 2.45) is 10.8 Å². The number of nitrogens with two attached hydrogens (primary N) is 1. The van der Waals surface area contributed by atoms with Crippen molar-refractivity contribution in [3.8, 4) is 23.0 Å². The highest BCUT2D eigenvalue weighted by molar-refractivity contribution is 5.79. The number of para-hydroxylation sites is 8. The predicted octanol–water partition coefficient (Wildman–Crippen LogP) is 7.69. The molecule has 2 aliphatic carbocycles. The number of hydrogen-bond acceptors (Lipinski definition) is 8. The van der Waals surface area contributed by atoms with Gasteiger partial charge in [0.15, 0.2) is 23.0 Å². The maximum atomic E-state index is 10.8. The zero-order valence-corrected chi connectivity index (χ0v) is 25.5. The molecule has 0 spiro atoms. The number of anilines is 4. The summed E-state index contributed by atoms with van der Waals surface area (Å²) >= 11 is 0. The van der Waals surface area contributed by atoms with E-state index in [4.69, 9.17) is 20.7 Å². The highest BCUT2D eigenvalue weighted by Gasteiger charge is 2.40. The van der Waals surface area contributed by atoms with E-state index in [2.05, 4.69) is 19.8 Å². The molecular formula is C36H38N6O4. The average molecular weight is 619 g/mol. The molecule has 0 bridgehead atoms. The van der Waals surface area contributed by atoms with Crippen molar-refractivity contribution in [3.63, 3.8) is 0 Å². The van der Waals surface area contributed by atoms with Gasteiger partial charge < -0.3 is 35.2 Å². The van der Waals surface area contributed by atoms with Gasteiger partial charge in [-0.15, -0.1) is 0 Å². The molecule has 2 heterocycles. The number of nitrogens with zero attached hydrogens (tertiary/aromatic N) is 5. The Kier molecular flexibility index (Phi) is 8.43. The van der Waals surface area contributed by atoms with Gasteiger partial charge in [0.25, 0.3) is 0 Å². The third-order valence-electron chi connectivity index (χ3n) is 9.46. The van der Waals surface area contributed by atoms with E-state index in [0.29, 0.717) is 0 Å². The highest BCUT2D eigenvalue weighted by Crippen LogP contribution is 2.50. The third kappa shape index (κ3) is 5.50. The monoisotopic (exact) mass is 618 g/mol. The van der Waals surface area contributed by atoms with Crippen LogP contribution in [0.15, 0.2) is 102 Å². The summed E-state index contributed by atoms with van der Waals surface area (Å²) in [6, 6.07) is 30.9. The summed E-state index contributed by atoms with van der Waals surface area (Å²) in [6.45, 7) is 0. The quantitative estimate of drug-likeness (QED) is 0.121. The minimum atomic E-state index is -0.714. The summed E-state index contributed by atoms with van der Waals surface area (Å²) in [5, 5.41) is 25.2. The molecule has 0 aromatic heterocycles. The molecule has 236 valence electrons. The molecule has 46 heavy (non-hydrogen) atoms. The summed E-state index contributed by atoms with van der Waals surface area (Å²) in [7, 11) is 0. The molecule has 4 aromatic carbocycles. The molecule has 2 saturated carbocycles. The number of azide groups is 1. The molecule has 2 aliphatic heterocycles. The largest absolute Gasteiger partial charge is 0.453 e. The Bertz CT molecular complexity index is 1650. The van der Waals surface area contributed by atoms with Crippen LogP contribution >= 0.6 is 0 Å². The zero-order chi connectivity index (χ0) is 31.6. The number of benzene rings is 4. The van der Waals surface area contributed by atoms with Crippen LogP contribution < -0.4 is 25.0 Å². The van der Waals surface area contributed by atoms with E-state index in [-0.39, 0.29) is 18.1 Å². The topological polar surface area (TPSA) is 140 Å². The number of ether oxygens (including phenoxy) is 2. The molecule has 8 rings (SSSR count). The Balaban J connectivity index is 0.000000147. The fourth-order valence-corrected chi connectivity index (χ4v) is 7.26. The van der Waals surface area contributed by atoms with Gasteiger partial charge in [-0.05, 0) is 86.2 Å². The molecule has 0 radical (unpaired) electrons. The van der Waals surface area contributed by atoms with Crippen LogP contribution in [0.1, 0.15) is 38.5 Å². The normalized spacial score (nSPS) is 25.9. The van der Waals surface area contributed by atoms with Gasteiger partial charge in [0.05, 0.1) is 53.1 Å². The van der Waals surface area contributed by atoms with Gasteiger partial charge in [-0.2, -0.15) is 0 Å². The van der Waals surface area contributed by atoms with E-state index in [1.807, 2.05) is 97.1 Å². The SMILES string of the molecule is NC1CCCC(N2c3ccccc3Oc3ccccc32)C1O.[N-]=[N+]=NC1CCCC(N2c3ccccc3Oc3ccccc32)C1O.